The van der Waals surface area contributed by atoms with Crippen molar-refractivity contribution >= 4 is 51.0 Å². The van der Waals surface area contributed by atoms with Crippen molar-refractivity contribution in [3.05, 3.63) is 93.3 Å². The van der Waals surface area contributed by atoms with Crippen LogP contribution in [0.4, 0.5) is 5.69 Å². The Hall–Kier alpha value is -3.00. The van der Waals surface area contributed by atoms with E-state index in [1.165, 1.54) is 30.3 Å². The first-order valence-corrected chi connectivity index (χ1v) is 11.3. The van der Waals surface area contributed by atoms with Crippen molar-refractivity contribution in [2.75, 3.05) is 4.72 Å². The van der Waals surface area contributed by atoms with Crippen molar-refractivity contribution < 1.29 is 23.1 Å². The van der Waals surface area contributed by atoms with Crippen molar-refractivity contribution in [2.45, 2.75) is 6.42 Å². The lowest BCUT2D eigenvalue weighted by atomic mass is 10.1. The molecule has 0 unspecified atom stereocenters. The van der Waals surface area contributed by atoms with Gasteiger partial charge in [-0.3, -0.25) is 9.52 Å². The Kier molecular flexibility index (Phi) is 7.22. The summed E-state index contributed by atoms with van der Waals surface area (Å²) in [6.07, 6.45) is 1.28. The number of hydrogen-bond acceptors (Lipinski definition) is 4. The fraction of sp³-hybridized carbons (Fsp3) is 0.0455. The van der Waals surface area contributed by atoms with E-state index in [9.17, 15) is 13.2 Å². The fourth-order valence-corrected chi connectivity index (χ4v) is 4.10. The number of carboxylic acids is 1. The number of rotatable bonds is 8. The van der Waals surface area contributed by atoms with Gasteiger partial charge in [0.05, 0.1) is 21.9 Å². The number of nitrogens with one attached hydrogen (secondary N) is 1. The summed E-state index contributed by atoms with van der Waals surface area (Å²) in [7, 11) is -3.69. The molecule has 2 N–H and O–H groups in total. The van der Waals surface area contributed by atoms with Crippen LogP contribution in [0.1, 0.15) is 11.1 Å². The lowest BCUT2D eigenvalue weighted by molar-refractivity contribution is -0.136. The molecule has 0 fully saturated rings. The maximum Gasteiger partial charge on any atom is 0.307 e. The Morgan fingerprint density at radius 3 is 2.19 bits per heavy atom. The minimum Gasteiger partial charge on any atom is -0.481 e. The molecule has 3 aromatic rings. The largest absolute Gasteiger partial charge is 0.481 e. The highest BCUT2D eigenvalue weighted by Crippen LogP contribution is 2.37. The summed E-state index contributed by atoms with van der Waals surface area (Å²) in [5.74, 6) is -0.452. The molecule has 0 atom stereocenters. The van der Waals surface area contributed by atoms with Crippen molar-refractivity contribution in [3.8, 4) is 11.5 Å². The summed E-state index contributed by atoms with van der Waals surface area (Å²) in [5, 5.41) is 10.3. The van der Waals surface area contributed by atoms with Gasteiger partial charge < -0.3 is 9.84 Å². The van der Waals surface area contributed by atoms with Crippen molar-refractivity contribution in [1.82, 2.24) is 0 Å². The summed E-state index contributed by atoms with van der Waals surface area (Å²) in [6, 6.07) is 18.2. The second kappa shape index (κ2) is 9.87. The summed E-state index contributed by atoms with van der Waals surface area (Å²) in [6.45, 7) is 0. The molecule has 0 aromatic heterocycles. The highest BCUT2D eigenvalue weighted by atomic mass is 35.5. The molecule has 3 rings (SSSR count). The maximum atomic E-state index is 12.2. The highest BCUT2D eigenvalue weighted by Gasteiger charge is 2.13. The molecule has 0 bridgehead atoms. The monoisotopic (exact) mass is 477 g/mol. The lowest BCUT2D eigenvalue weighted by Gasteiger charge is -2.12. The molecule has 0 heterocycles. The van der Waals surface area contributed by atoms with E-state index in [4.69, 9.17) is 33.0 Å². The number of benzene rings is 3. The number of aliphatic carboxylic acids is 1. The molecule has 0 saturated heterocycles. The van der Waals surface area contributed by atoms with Crippen LogP contribution in [-0.4, -0.2) is 19.5 Å². The van der Waals surface area contributed by atoms with E-state index < -0.39 is 16.0 Å². The van der Waals surface area contributed by atoms with Gasteiger partial charge in [-0.1, -0.05) is 53.5 Å². The van der Waals surface area contributed by atoms with Crippen molar-refractivity contribution in [2.24, 2.45) is 0 Å². The van der Waals surface area contributed by atoms with E-state index in [-0.39, 0.29) is 22.2 Å². The summed E-state index contributed by atoms with van der Waals surface area (Å²) >= 11 is 12.3. The number of anilines is 1. The van der Waals surface area contributed by atoms with Crippen LogP contribution in [0.3, 0.4) is 0 Å². The zero-order valence-electron chi connectivity index (χ0n) is 16.0. The number of hydrogen-bond donors (Lipinski definition) is 2. The minimum absolute atomic E-state index is 0.166. The summed E-state index contributed by atoms with van der Waals surface area (Å²) in [4.78, 5) is 10.8. The quantitative estimate of drug-likeness (QED) is 0.425. The Morgan fingerprint density at radius 1 is 1.00 bits per heavy atom. The zero-order valence-corrected chi connectivity index (χ0v) is 18.3. The smallest absolute Gasteiger partial charge is 0.307 e. The van der Waals surface area contributed by atoms with Gasteiger partial charge in [0.15, 0.2) is 5.75 Å². The highest BCUT2D eigenvalue weighted by molar-refractivity contribution is 7.95. The van der Waals surface area contributed by atoms with Gasteiger partial charge >= 0.3 is 5.97 Å². The Bertz CT molecular complexity index is 1190. The second-order valence-corrected chi connectivity index (χ2v) is 8.83. The van der Waals surface area contributed by atoms with Crippen LogP contribution in [0.5, 0.6) is 11.5 Å². The molecule has 0 radical (unpaired) electrons. The number of sulfonamides is 1. The van der Waals surface area contributed by atoms with Crippen LogP contribution in [0.15, 0.2) is 72.1 Å². The third kappa shape index (κ3) is 6.75. The molecule has 3 aromatic carbocycles. The molecule has 6 nitrogen and oxygen atoms in total. The van der Waals surface area contributed by atoms with Gasteiger partial charge in [0.25, 0.3) is 10.0 Å². The van der Waals surface area contributed by atoms with Gasteiger partial charge in [-0.05, 0) is 53.6 Å². The standard InChI is InChI=1S/C22H17Cl2NO5S/c23-19-12-16(14-21(26)27)13-20(24)22(19)30-18-8-6-17(7-9-18)25-31(28,29)11-10-15-4-2-1-3-5-15/h1-13,25H,14H2,(H,26,27)/b11-10+. The molecule has 0 aliphatic heterocycles. The van der Waals surface area contributed by atoms with Crippen LogP contribution in [-0.2, 0) is 21.2 Å². The van der Waals surface area contributed by atoms with Crippen LogP contribution < -0.4 is 9.46 Å². The zero-order chi connectivity index (χ0) is 22.4. The number of halogens is 2. The molecular formula is C22H17Cl2NO5S. The van der Waals surface area contributed by atoms with Crippen molar-refractivity contribution in [1.29, 1.82) is 0 Å². The molecule has 0 saturated carbocycles. The SMILES string of the molecule is O=C(O)Cc1cc(Cl)c(Oc2ccc(NS(=O)(=O)/C=C/c3ccccc3)cc2)c(Cl)c1. The normalized spacial score (nSPS) is 11.4. The van der Waals surface area contributed by atoms with Crippen LogP contribution in [0, 0.1) is 0 Å². The third-order valence-corrected chi connectivity index (χ3v) is 5.56. The van der Waals surface area contributed by atoms with Gasteiger partial charge in [0.1, 0.15) is 5.75 Å². The Morgan fingerprint density at radius 2 is 1.61 bits per heavy atom. The van der Waals surface area contributed by atoms with Crippen LogP contribution in [0.2, 0.25) is 10.0 Å². The molecule has 0 amide bonds. The summed E-state index contributed by atoms with van der Waals surface area (Å²) in [5.41, 5.74) is 1.56. The van der Waals surface area contributed by atoms with E-state index in [0.29, 0.717) is 17.0 Å². The van der Waals surface area contributed by atoms with Gasteiger partial charge in [0, 0.05) is 5.69 Å². The van der Waals surface area contributed by atoms with Crippen LogP contribution in [0.25, 0.3) is 6.08 Å². The van der Waals surface area contributed by atoms with Gasteiger partial charge in [-0.25, -0.2) is 8.42 Å². The van der Waals surface area contributed by atoms with E-state index in [1.807, 2.05) is 18.2 Å². The molecule has 31 heavy (non-hydrogen) atoms. The maximum absolute atomic E-state index is 12.2. The average molecular weight is 478 g/mol. The Balaban J connectivity index is 1.69. The summed E-state index contributed by atoms with van der Waals surface area (Å²) < 4.78 is 32.6. The predicted octanol–water partition coefficient (Wildman–Crippen LogP) is 5.83. The number of carboxylic acid groups (broad SMARTS) is 1. The number of ether oxygens (including phenoxy) is 1. The predicted molar refractivity (Wildman–Crippen MR) is 122 cm³/mol. The van der Waals surface area contributed by atoms with E-state index in [1.54, 1.807) is 24.3 Å². The van der Waals surface area contributed by atoms with E-state index >= 15 is 0 Å². The fourth-order valence-electron chi connectivity index (χ4n) is 2.63. The first kappa shape index (κ1) is 22.7. The van der Waals surface area contributed by atoms with Gasteiger partial charge in [-0.15, -0.1) is 0 Å². The topological polar surface area (TPSA) is 92.7 Å². The molecule has 0 spiro atoms. The van der Waals surface area contributed by atoms with Crippen molar-refractivity contribution in [3.63, 3.8) is 0 Å². The Labute approximate surface area is 189 Å². The first-order chi connectivity index (χ1) is 14.7. The number of carbonyl (C=O) groups is 1. The van der Waals surface area contributed by atoms with E-state index in [0.717, 1.165) is 11.0 Å². The molecule has 0 aliphatic rings. The van der Waals surface area contributed by atoms with Gasteiger partial charge in [0.2, 0.25) is 0 Å². The lowest BCUT2D eigenvalue weighted by Crippen LogP contribution is -2.08. The average Bonchev–Trinajstić information content (AvgIpc) is 2.71. The van der Waals surface area contributed by atoms with Crippen LogP contribution >= 0.6 is 23.2 Å². The second-order valence-electron chi connectivity index (χ2n) is 6.45. The minimum atomic E-state index is -3.69. The molecule has 160 valence electrons. The molecule has 9 heteroatoms. The third-order valence-electron chi connectivity index (χ3n) is 3.99. The first-order valence-electron chi connectivity index (χ1n) is 8.95. The van der Waals surface area contributed by atoms with Gasteiger partial charge in [-0.2, -0.15) is 0 Å². The molecule has 0 aliphatic carbocycles. The molecular weight excluding hydrogens is 461 g/mol. The van der Waals surface area contributed by atoms with E-state index in [2.05, 4.69) is 4.72 Å².